The van der Waals surface area contributed by atoms with Gasteiger partial charge < -0.3 is 0 Å². The average Bonchev–Trinajstić information content (AvgIpc) is 2.04. The molecule has 0 fully saturated rings. The summed E-state index contributed by atoms with van der Waals surface area (Å²) in [6, 6.07) is 6.88. The van der Waals surface area contributed by atoms with Gasteiger partial charge in [0.25, 0.3) is 0 Å². The van der Waals surface area contributed by atoms with Gasteiger partial charge in [0.05, 0.1) is 5.92 Å². The van der Waals surface area contributed by atoms with Crippen LogP contribution in [0.2, 0.25) is 0 Å². The minimum Gasteiger partial charge on any atom is -0.209 e. The van der Waals surface area contributed by atoms with Crippen LogP contribution in [0.15, 0.2) is 41.4 Å². The molecule has 0 aliphatic rings. The molecule has 13 heavy (non-hydrogen) atoms. The Morgan fingerprint density at radius 2 is 2.08 bits per heavy atom. The Balaban J connectivity index is 2.98. The van der Waals surface area contributed by atoms with Gasteiger partial charge in [-0.15, -0.1) is 6.58 Å². The third-order valence-electron chi connectivity index (χ3n) is 1.76. The molecule has 0 N–H and O–H groups in total. The fourth-order valence-corrected chi connectivity index (χ4v) is 1.52. The van der Waals surface area contributed by atoms with Gasteiger partial charge in [-0.05, 0) is 17.7 Å². The molecule has 1 aromatic carbocycles. The van der Waals surface area contributed by atoms with Gasteiger partial charge in [-0.3, -0.25) is 0 Å². The highest BCUT2D eigenvalue weighted by molar-refractivity contribution is 9.10. The zero-order valence-electron chi connectivity index (χ0n) is 6.88. The van der Waals surface area contributed by atoms with E-state index < -0.39 is 12.3 Å². The summed E-state index contributed by atoms with van der Waals surface area (Å²) in [5, 5.41) is 0. The van der Waals surface area contributed by atoms with Gasteiger partial charge >= 0.3 is 0 Å². The SMILES string of the molecule is C=CC(c1cccc(Br)c1)C(F)F. The summed E-state index contributed by atoms with van der Waals surface area (Å²) in [6.45, 7) is 3.39. The number of alkyl halides is 2. The number of benzene rings is 1. The van der Waals surface area contributed by atoms with Gasteiger partial charge in [0, 0.05) is 4.47 Å². The molecule has 1 atom stereocenters. The largest absolute Gasteiger partial charge is 0.248 e. The molecule has 1 aromatic rings. The highest BCUT2D eigenvalue weighted by Gasteiger charge is 2.18. The summed E-state index contributed by atoms with van der Waals surface area (Å²) >= 11 is 3.23. The second kappa shape index (κ2) is 4.51. The first-order chi connectivity index (χ1) is 6.15. The monoisotopic (exact) mass is 246 g/mol. The molecule has 0 spiro atoms. The third kappa shape index (κ3) is 2.62. The lowest BCUT2D eigenvalue weighted by atomic mass is 10.0. The van der Waals surface area contributed by atoms with Crippen LogP contribution in [0.4, 0.5) is 8.78 Å². The Bertz CT molecular complexity index is 297. The van der Waals surface area contributed by atoms with Gasteiger partial charge in [-0.1, -0.05) is 34.1 Å². The van der Waals surface area contributed by atoms with Crippen LogP contribution in [0.1, 0.15) is 11.5 Å². The predicted molar refractivity (Wildman–Crippen MR) is 53.1 cm³/mol. The molecule has 0 radical (unpaired) electrons. The maximum atomic E-state index is 12.4. The molecule has 0 aliphatic carbocycles. The molecule has 0 amide bonds. The van der Waals surface area contributed by atoms with Crippen molar-refractivity contribution in [3.63, 3.8) is 0 Å². The zero-order valence-corrected chi connectivity index (χ0v) is 8.47. The minimum absolute atomic E-state index is 0.583. The van der Waals surface area contributed by atoms with Crippen LogP contribution in [-0.2, 0) is 0 Å². The van der Waals surface area contributed by atoms with Crippen molar-refractivity contribution in [3.05, 3.63) is 47.0 Å². The Labute approximate surface area is 84.4 Å². The minimum atomic E-state index is -2.40. The number of hydrogen-bond donors (Lipinski definition) is 0. The van der Waals surface area contributed by atoms with Gasteiger partial charge in [0.2, 0.25) is 6.43 Å². The summed E-state index contributed by atoms with van der Waals surface area (Å²) < 4.78 is 25.7. The molecule has 0 bridgehead atoms. The topological polar surface area (TPSA) is 0 Å². The van der Waals surface area contributed by atoms with Crippen LogP contribution in [0, 0.1) is 0 Å². The molecule has 0 nitrogen and oxygen atoms in total. The number of rotatable bonds is 3. The first kappa shape index (κ1) is 10.4. The van der Waals surface area contributed by atoms with E-state index in [2.05, 4.69) is 22.5 Å². The Morgan fingerprint density at radius 3 is 2.54 bits per heavy atom. The highest BCUT2D eigenvalue weighted by Crippen LogP contribution is 2.26. The molecule has 1 unspecified atom stereocenters. The standard InChI is InChI=1S/C10H9BrF2/c1-2-9(10(12)13)7-4-3-5-8(11)6-7/h2-6,9-10H,1H2. The van der Waals surface area contributed by atoms with E-state index >= 15 is 0 Å². The van der Waals surface area contributed by atoms with Crippen LogP contribution >= 0.6 is 15.9 Å². The van der Waals surface area contributed by atoms with E-state index in [0.717, 1.165) is 4.47 Å². The zero-order chi connectivity index (χ0) is 9.84. The van der Waals surface area contributed by atoms with E-state index in [4.69, 9.17) is 0 Å². The quantitative estimate of drug-likeness (QED) is 0.708. The van der Waals surface area contributed by atoms with Crippen molar-refractivity contribution < 1.29 is 8.78 Å². The van der Waals surface area contributed by atoms with Gasteiger partial charge in [0.15, 0.2) is 0 Å². The number of allylic oxidation sites excluding steroid dienone is 1. The van der Waals surface area contributed by atoms with Crippen LogP contribution in [-0.4, -0.2) is 6.43 Å². The molecular weight excluding hydrogens is 238 g/mol. The Morgan fingerprint density at radius 1 is 1.38 bits per heavy atom. The third-order valence-corrected chi connectivity index (χ3v) is 2.25. The maximum absolute atomic E-state index is 12.4. The maximum Gasteiger partial charge on any atom is 0.248 e. The Hall–Kier alpha value is -0.700. The number of hydrogen-bond acceptors (Lipinski definition) is 0. The first-order valence-electron chi connectivity index (χ1n) is 3.81. The molecule has 0 saturated heterocycles. The van der Waals surface area contributed by atoms with E-state index in [-0.39, 0.29) is 0 Å². The summed E-state index contributed by atoms with van der Waals surface area (Å²) in [5.74, 6) is -0.877. The van der Waals surface area contributed by atoms with Gasteiger partial charge in [-0.2, -0.15) is 0 Å². The average molecular weight is 247 g/mol. The van der Waals surface area contributed by atoms with Crippen LogP contribution in [0.25, 0.3) is 0 Å². The molecule has 0 saturated carbocycles. The lowest BCUT2D eigenvalue weighted by Gasteiger charge is -2.11. The van der Waals surface area contributed by atoms with Crippen LogP contribution < -0.4 is 0 Å². The van der Waals surface area contributed by atoms with Gasteiger partial charge in [-0.25, -0.2) is 8.78 Å². The molecule has 0 aliphatic heterocycles. The van der Waals surface area contributed by atoms with E-state index in [0.29, 0.717) is 5.56 Å². The normalized spacial score (nSPS) is 12.9. The lowest BCUT2D eigenvalue weighted by Crippen LogP contribution is -2.05. The fraction of sp³-hybridized carbons (Fsp3) is 0.200. The smallest absolute Gasteiger partial charge is 0.209 e. The first-order valence-corrected chi connectivity index (χ1v) is 4.60. The molecule has 3 heteroatoms. The van der Waals surface area contributed by atoms with E-state index in [9.17, 15) is 8.78 Å². The lowest BCUT2D eigenvalue weighted by molar-refractivity contribution is 0.131. The molecule has 1 rings (SSSR count). The second-order valence-electron chi connectivity index (χ2n) is 2.65. The van der Waals surface area contributed by atoms with Crippen molar-refractivity contribution in [2.45, 2.75) is 12.3 Å². The molecular formula is C10H9BrF2. The summed E-state index contributed by atoms with van der Waals surface area (Å²) in [5.41, 5.74) is 0.583. The van der Waals surface area contributed by atoms with Gasteiger partial charge in [0.1, 0.15) is 0 Å². The van der Waals surface area contributed by atoms with E-state index in [1.807, 2.05) is 0 Å². The summed E-state index contributed by atoms with van der Waals surface area (Å²) in [4.78, 5) is 0. The van der Waals surface area contributed by atoms with Crippen molar-refractivity contribution in [3.8, 4) is 0 Å². The summed E-state index contributed by atoms with van der Waals surface area (Å²) in [6.07, 6.45) is -1.13. The summed E-state index contributed by atoms with van der Waals surface area (Å²) in [7, 11) is 0. The highest BCUT2D eigenvalue weighted by atomic mass is 79.9. The molecule has 70 valence electrons. The van der Waals surface area contributed by atoms with Crippen molar-refractivity contribution in [2.75, 3.05) is 0 Å². The predicted octanol–water partition coefficient (Wildman–Crippen LogP) is 3.98. The second-order valence-corrected chi connectivity index (χ2v) is 3.57. The van der Waals surface area contributed by atoms with Crippen LogP contribution in [0.3, 0.4) is 0 Å². The molecule has 0 heterocycles. The van der Waals surface area contributed by atoms with Crippen molar-refractivity contribution in [2.24, 2.45) is 0 Å². The van der Waals surface area contributed by atoms with Crippen molar-refractivity contribution >= 4 is 15.9 Å². The fourth-order valence-electron chi connectivity index (χ4n) is 1.10. The van der Waals surface area contributed by atoms with Crippen molar-refractivity contribution in [1.82, 2.24) is 0 Å². The number of halogens is 3. The van der Waals surface area contributed by atoms with Crippen LogP contribution in [0.5, 0.6) is 0 Å². The van der Waals surface area contributed by atoms with Crippen molar-refractivity contribution in [1.29, 1.82) is 0 Å². The Kier molecular flexibility index (Phi) is 3.60. The van der Waals surface area contributed by atoms with E-state index in [1.165, 1.54) is 6.08 Å². The molecule has 0 aromatic heterocycles. The van der Waals surface area contributed by atoms with E-state index in [1.54, 1.807) is 24.3 Å².